The lowest BCUT2D eigenvalue weighted by molar-refractivity contribution is 0.620. The van der Waals surface area contributed by atoms with Gasteiger partial charge in [-0.25, -0.2) is 19.9 Å². The van der Waals surface area contributed by atoms with E-state index in [0.717, 1.165) is 60.0 Å². The molecule has 3 aromatic heterocycles. The Morgan fingerprint density at radius 2 is 0.846 bits per heavy atom. The average molecular weight is 685 g/mol. The van der Waals surface area contributed by atoms with Crippen molar-refractivity contribution >= 4 is 42.6 Å². The monoisotopic (exact) mass is 684 g/mol. The van der Waals surface area contributed by atoms with E-state index in [2.05, 4.69) is 127 Å². The standard InChI is InChI=1S/C46H28N4OS/c1-4-12-29(13-5-1)31-20-24-34(25-21-31)44-48-43(33-16-8-3-9-17-33)49-45(50-44)41-40-36-18-10-11-19-38(36)52-39(40)28-37-42(41)47-46(51-37)35-26-22-32(23-27-35)30-14-6-2-7-15-30/h1-28H. The molecule has 0 unspecified atom stereocenters. The Morgan fingerprint density at radius 1 is 0.385 bits per heavy atom. The van der Waals surface area contributed by atoms with Crippen molar-refractivity contribution in [1.82, 2.24) is 19.9 Å². The molecule has 0 aliphatic carbocycles. The Labute approximate surface area is 303 Å². The van der Waals surface area contributed by atoms with Gasteiger partial charge in [0.2, 0.25) is 5.89 Å². The Balaban J connectivity index is 1.19. The second kappa shape index (κ2) is 12.5. The van der Waals surface area contributed by atoms with Crippen molar-refractivity contribution in [3.8, 4) is 67.9 Å². The molecule has 0 saturated heterocycles. The van der Waals surface area contributed by atoms with Gasteiger partial charge in [0, 0.05) is 42.9 Å². The van der Waals surface area contributed by atoms with Gasteiger partial charge in [0.05, 0.1) is 5.56 Å². The quantitative estimate of drug-likeness (QED) is 0.174. The van der Waals surface area contributed by atoms with Gasteiger partial charge in [-0.3, -0.25) is 0 Å². The first-order valence-corrected chi connectivity index (χ1v) is 18.0. The van der Waals surface area contributed by atoms with Gasteiger partial charge >= 0.3 is 0 Å². The highest BCUT2D eigenvalue weighted by Gasteiger charge is 2.23. The zero-order chi connectivity index (χ0) is 34.4. The number of nitrogens with zero attached hydrogens (tertiary/aromatic N) is 4. The van der Waals surface area contributed by atoms with Crippen LogP contribution in [0.5, 0.6) is 0 Å². The molecule has 0 radical (unpaired) electrons. The van der Waals surface area contributed by atoms with Crippen molar-refractivity contribution < 1.29 is 4.42 Å². The van der Waals surface area contributed by atoms with E-state index in [0.29, 0.717) is 34.5 Å². The predicted molar refractivity (Wildman–Crippen MR) is 213 cm³/mol. The molecule has 52 heavy (non-hydrogen) atoms. The second-order valence-electron chi connectivity index (χ2n) is 12.6. The van der Waals surface area contributed by atoms with Crippen molar-refractivity contribution in [2.75, 3.05) is 0 Å². The summed E-state index contributed by atoms with van der Waals surface area (Å²) in [6.45, 7) is 0. The van der Waals surface area contributed by atoms with E-state index in [4.69, 9.17) is 24.4 Å². The summed E-state index contributed by atoms with van der Waals surface area (Å²) in [4.78, 5) is 20.6. The number of thiophene rings is 1. The molecule has 244 valence electrons. The van der Waals surface area contributed by atoms with Gasteiger partial charge in [-0.15, -0.1) is 11.3 Å². The molecular formula is C46H28N4OS. The highest BCUT2D eigenvalue weighted by molar-refractivity contribution is 7.26. The fourth-order valence-electron chi connectivity index (χ4n) is 6.82. The number of fused-ring (bicyclic) bond motifs is 4. The van der Waals surface area contributed by atoms with Gasteiger partial charge < -0.3 is 4.42 Å². The average Bonchev–Trinajstić information content (AvgIpc) is 3.82. The van der Waals surface area contributed by atoms with Crippen molar-refractivity contribution in [3.63, 3.8) is 0 Å². The maximum absolute atomic E-state index is 6.58. The summed E-state index contributed by atoms with van der Waals surface area (Å²) in [5.74, 6) is 2.28. The molecule has 0 fully saturated rings. The Morgan fingerprint density at radius 3 is 1.46 bits per heavy atom. The largest absolute Gasteiger partial charge is 0.436 e. The van der Waals surface area contributed by atoms with Crippen molar-refractivity contribution in [2.45, 2.75) is 0 Å². The molecule has 0 spiro atoms. The van der Waals surface area contributed by atoms with Crippen LogP contribution in [0.4, 0.5) is 0 Å². The van der Waals surface area contributed by atoms with Gasteiger partial charge in [-0.2, -0.15) is 0 Å². The summed E-state index contributed by atoms with van der Waals surface area (Å²) < 4.78 is 8.84. The van der Waals surface area contributed by atoms with Gasteiger partial charge in [-0.1, -0.05) is 146 Å². The number of rotatable bonds is 6. The number of aromatic nitrogens is 4. The number of benzene rings is 7. The fraction of sp³-hybridized carbons (Fsp3) is 0. The highest BCUT2D eigenvalue weighted by Crippen LogP contribution is 2.44. The van der Waals surface area contributed by atoms with Crippen LogP contribution >= 0.6 is 11.3 Å². The third kappa shape index (κ3) is 5.34. The van der Waals surface area contributed by atoms with Crippen LogP contribution in [0.1, 0.15) is 0 Å². The molecule has 0 saturated carbocycles. The number of oxazole rings is 1. The van der Waals surface area contributed by atoms with E-state index in [1.165, 1.54) is 4.70 Å². The number of hydrogen-bond donors (Lipinski definition) is 0. The minimum atomic E-state index is 0.548. The Hall–Kier alpha value is -6.76. The van der Waals surface area contributed by atoms with Crippen LogP contribution in [0, 0.1) is 0 Å². The van der Waals surface area contributed by atoms with Crippen LogP contribution in [0.3, 0.4) is 0 Å². The van der Waals surface area contributed by atoms with Crippen LogP contribution in [-0.2, 0) is 0 Å². The lowest BCUT2D eigenvalue weighted by Gasteiger charge is -2.10. The fourth-order valence-corrected chi connectivity index (χ4v) is 7.97. The lowest BCUT2D eigenvalue weighted by atomic mass is 10.0. The first-order chi connectivity index (χ1) is 25.7. The summed E-state index contributed by atoms with van der Waals surface area (Å²) in [6, 6.07) is 58.1. The van der Waals surface area contributed by atoms with Crippen LogP contribution in [-0.4, -0.2) is 19.9 Å². The van der Waals surface area contributed by atoms with E-state index in [9.17, 15) is 0 Å². The minimum Gasteiger partial charge on any atom is -0.436 e. The molecule has 6 heteroatoms. The first-order valence-electron chi connectivity index (χ1n) is 17.1. The molecule has 7 aromatic carbocycles. The van der Waals surface area contributed by atoms with Crippen LogP contribution < -0.4 is 0 Å². The zero-order valence-corrected chi connectivity index (χ0v) is 28.6. The third-order valence-electron chi connectivity index (χ3n) is 9.41. The Kier molecular flexibility index (Phi) is 7.25. The maximum atomic E-state index is 6.58. The summed E-state index contributed by atoms with van der Waals surface area (Å²) >= 11 is 1.73. The molecule has 10 aromatic rings. The molecule has 0 aliphatic heterocycles. The molecule has 0 atom stereocenters. The summed E-state index contributed by atoms with van der Waals surface area (Å²) in [7, 11) is 0. The molecule has 0 bridgehead atoms. The van der Waals surface area contributed by atoms with Crippen molar-refractivity contribution in [1.29, 1.82) is 0 Å². The summed E-state index contributed by atoms with van der Waals surface area (Å²) in [6.07, 6.45) is 0. The van der Waals surface area contributed by atoms with E-state index in [1.54, 1.807) is 11.3 Å². The van der Waals surface area contributed by atoms with Crippen LogP contribution in [0.2, 0.25) is 0 Å². The Bertz CT molecular complexity index is 2870. The SMILES string of the molecule is c1ccc(-c2ccc(-c3nc(-c4ccccc4)nc(-c4c5nc(-c6ccc(-c7ccccc7)cc6)oc5cc5sc6ccccc6c45)n3)cc2)cc1. The third-order valence-corrected chi connectivity index (χ3v) is 10.5. The van der Waals surface area contributed by atoms with Crippen LogP contribution in [0.15, 0.2) is 174 Å². The molecule has 5 nitrogen and oxygen atoms in total. The lowest BCUT2D eigenvalue weighted by Crippen LogP contribution is -2.01. The predicted octanol–water partition coefficient (Wildman–Crippen LogP) is 12.4. The molecule has 3 heterocycles. The first kappa shape index (κ1) is 30.1. The van der Waals surface area contributed by atoms with E-state index >= 15 is 0 Å². The molecule has 0 N–H and O–H groups in total. The van der Waals surface area contributed by atoms with Crippen molar-refractivity contribution in [2.24, 2.45) is 0 Å². The van der Waals surface area contributed by atoms with Crippen LogP contribution in [0.25, 0.3) is 99.1 Å². The zero-order valence-electron chi connectivity index (χ0n) is 27.8. The van der Waals surface area contributed by atoms with Gasteiger partial charge in [-0.05, 0) is 40.5 Å². The van der Waals surface area contributed by atoms with E-state index in [-0.39, 0.29) is 0 Å². The summed E-state index contributed by atoms with van der Waals surface area (Å²) in [5, 5.41) is 2.19. The smallest absolute Gasteiger partial charge is 0.227 e. The molecule has 0 aliphatic rings. The van der Waals surface area contributed by atoms with Gasteiger partial charge in [0.25, 0.3) is 0 Å². The summed E-state index contributed by atoms with van der Waals surface area (Å²) in [5.41, 5.74) is 9.53. The second-order valence-corrected chi connectivity index (χ2v) is 13.7. The minimum absolute atomic E-state index is 0.548. The normalized spacial score (nSPS) is 11.5. The molecular weight excluding hydrogens is 657 g/mol. The molecule has 10 rings (SSSR count). The van der Waals surface area contributed by atoms with E-state index < -0.39 is 0 Å². The number of hydrogen-bond acceptors (Lipinski definition) is 6. The molecule has 0 amide bonds. The maximum Gasteiger partial charge on any atom is 0.227 e. The van der Waals surface area contributed by atoms with E-state index in [1.807, 2.05) is 42.5 Å². The van der Waals surface area contributed by atoms with Gasteiger partial charge in [0.15, 0.2) is 23.1 Å². The highest BCUT2D eigenvalue weighted by atomic mass is 32.1. The van der Waals surface area contributed by atoms with Gasteiger partial charge in [0.1, 0.15) is 5.52 Å². The van der Waals surface area contributed by atoms with Crippen molar-refractivity contribution in [3.05, 3.63) is 170 Å². The topological polar surface area (TPSA) is 64.7 Å².